The Kier molecular flexibility index (Phi) is 2.71. The highest BCUT2D eigenvalue weighted by Crippen LogP contribution is 2.22. The number of aromatic nitrogens is 2. The lowest BCUT2D eigenvalue weighted by Gasteiger charge is -2.09. The molecular formula is C11H7F3N2O. The van der Waals surface area contributed by atoms with E-state index in [0.717, 1.165) is 4.57 Å². The third kappa shape index (κ3) is 1.82. The average molecular weight is 240 g/mol. The SMILES string of the molecule is Cc1ncc(C=O)n1-c1c(F)cc(F)cc1F. The fraction of sp³-hybridized carbons (Fsp3) is 0.0909. The number of aryl methyl sites for hydroxylation is 1. The summed E-state index contributed by atoms with van der Waals surface area (Å²) in [5.41, 5.74) is -0.518. The maximum Gasteiger partial charge on any atom is 0.168 e. The van der Waals surface area contributed by atoms with Crippen LogP contribution in [-0.2, 0) is 0 Å². The smallest absolute Gasteiger partial charge is 0.168 e. The van der Waals surface area contributed by atoms with Gasteiger partial charge < -0.3 is 0 Å². The lowest BCUT2D eigenvalue weighted by atomic mass is 10.2. The topological polar surface area (TPSA) is 34.9 Å². The molecule has 0 radical (unpaired) electrons. The molecule has 1 aromatic heterocycles. The molecule has 2 aromatic rings. The van der Waals surface area contributed by atoms with Crippen LogP contribution in [0.15, 0.2) is 18.3 Å². The van der Waals surface area contributed by atoms with Gasteiger partial charge in [-0.05, 0) is 6.92 Å². The summed E-state index contributed by atoms with van der Waals surface area (Å²) in [6, 6.07) is 1.10. The van der Waals surface area contributed by atoms with E-state index in [9.17, 15) is 18.0 Å². The van der Waals surface area contributed by atoms with E-state index in [2.05, 4.69) is 4.98 Å². The number of rotatable bonds is 2. The second kappa shape index (κ2) is 4.04. The molecule has 0 bridgehead atoms. The molecule has 0 aliphatic carbocycles. The Hall–Kier alpha value is -2.11. The van der Waals surface area contributed by atoms with Crippen molar-refractivity contribution in [2.24, 2.45) is 0 Å². The molecule has 1 aromatic carbocycles. The Morgan fingerprint density at radius 3 is 2.35 bits per heavy atom. The van der Waals surface area contributed by atoms with Crippen LogP contribution in [0.1, 0.15) is 16.3 Å². The van der Waals surface area contributed by atoms with E-state index < -0.39 is 23.1 Å². The monoisotopic (exact) mass is 240 g/mol. The molecule has 0 saturated carbocycles. The molecular weight excluding hydrogens is 233 g/mol. The van der Waals surface area contributed by atoms with Gasteiger partial charge in [-0.15, -0.1) is 0 Å². The Bertz CT molecular complexity index is 569. The summed E-state index contributed by atoms with van der Waals surface area (Å²) in [5.74, 6) is -2.97. The largest absolute Gasteiger partial charge is 0.296 e. The summed E-state index contributed by atoms with van der Waals surface area (Å²) in [6.45, 7) is 1.48. The van der Waals surface area contributed by atoms with Crippen molar-refractivity contribution in [1.29, 1.82) is 0 Å². The quantitative estimate of drug-likeness (QED) is 0.755. The van der Waals surface area contributed by atoms with E-state index in [1.165, 1.54) is 13.1 Å². The average Bonchev–Trinajstić information content (AvgIpc) is 2.59. The van der Waals surface area contributed by atoms with Crippen molar-refractivity contribution < 1.29 is 18.0 Å². The number of carbonyl (C=O) groups is 1. The van der Waals surface area contributed by atoms with Gasteiger partial charge in [0.05, 0.1) is 6.20 Å². The van der Waals surface area contributed by atoms with Crippen LogP contribution < -0.4 is 0 Å². The Morgan fingerprint density at radius 2 is 1.82 bits per heavy atom. The number of benzene rings is 1. The van der Waals surface area contributed by atoms with Crippen molar-refractivity contribution in [2.75, 3.05) is 0 Å². The van der Waals surface area contributed by atoms with Gasteiger partial charge in [-0.2, -0.15) is 0 Å². The molecule has 0 spiro atoms. The molecule has 0 fully saturated rings. The summed E-state index contributed by atoms with van der Waals surface area (Å²) in [7, 11) is 0. The third-order valence-electron chi connectivity index (χ3n) is 2.29. The molecule has 6 heteroatoms. The first-order valence-electron chi connectivity index (χ1n) is 4.69. The molecule has 1 heterocycles. The number of hydrogen-bond donors (Lipinski definition) is 0. The van der Waals surface area contributed by atoms with Crippen LogP contribution in [-0.4, -0.2) is 15.8 Å². The molecule has 0 atom stereocenters. The highest BCUT2D eigenvalue weighted by Gasteiger charge is 2.18. The zero-order valence-electron chi connectivity index (χ0n) is 8.75. The minimum absolute atomic E-state index is 0.00749. The first-order chi connectivity index (χ1) is 8.04. The molecule has 0 saturated heterocycles. The molecule has 88 valence electrons. The number of nitrogens with zero attached hydrogens (tertiary/aromatic N) is 2. The molecule has 0 N–H and O–H groups in total. The zero-order chi connectivity index (χ0) is 12.6. The predicted octanol–water partition coefficient (Wildman–Crippen LogP) is 2.41. The van der Waals surface area contributed by atoms with Crippen molar-refractivity contribution in [2.45, 2.75) is 6.92 Å². The van der Waals surface area contributed by atoms with Crippen LogP contribution in [0, 0.1) is 24.4 Å². The summed E-state index contributed by atoms with van der Waals surface area (Å²) < 4.78 is 40.8. The van der Waals surface area contributed by atoms with Gasteiger partial charge in [-0.3, -0.25) is 9.36 Å². The maximum atomic E-state index is 13.5. The lowest BCUT2D eigenvalue weighted by molar-refractivity contribution is 0.111. The third-order valence-corrected chi connectivity index (χ3v) is 2.29. The lowest BCUT2D eigenvalue weighted by Crippen LogP contribution is -2.07. The van der Waals surface area contributed by atoms with Crippen LogP contribution >= 0.6 is 0 Å². The molecule has 0 aliphatic rings. The number of carbonyl (C=O) groups excluding carboxylic acids is 1. The Labute approximate surface area is 94.5 Å². The summed E-state index contributed by atoms with van der Waals surface area (Å²) in [4.78, 5) is 14.5. The molecule has 0 amide bonds. The van der Waals surface area contributed by atoms with Gasteiger partial charge in [-0.25, -0.2) is 18.2 Å². The molecule has 2 rings (SSSR count). The van der Waals surface area contributed by atoms with Gasteiger partial charge in [0.15, 0.2) is 17.9 Å². The van der Waals surface area contributed by atoms with E-state index >= 15 is 0 Å². The highest BCUT2D eigenvalue weighted by molar-refractivity contribution is 5.73. The van der Waals surface area contributed by atoms with Crippen LogP contribution in [0.25, 0.3) is 5.69 Å². The van der Waals surface area contributed by atoms with Gasteiger partial charge in [0, 0.05) is 12.1 Å². The molecule has 0 aliphatic heterocycles. The van der Waals surface area contributed by atoms with E-state index in [0.29, 0.717) is 18.4 Å². The second-order valence-electron chi connectivity index (χ2n) is 3.40. The van der Waals surface area contributed by atoms with E-state index in [1.807, 2.05) is 0 Å². The standard InChI is InChI=1S/C11H7F3N2O/c1-6-15-4-8(5-17)16(6)11-9(13)2-7(12)3-10(11)14/h2-5H,1H3. The van der Waals surface area contributed by atoms with Crippen molar-refractivity contribution in [3.05, 3.63) is 47.3 Å². The minimum Gasteiger partial charge on any atom is -0.296 e. The van der Waals surface area contributed by atoms with E-state index in [4.69, 9.17) is 0 Å². The highest BCUT2D eigenvalue weighted by atomic mass is 19.1. The number of halogens is 3. The summed E-state index contributed by atoms with van der Waals surface area (Å²) in [5, 5.41) is 0. The maximum absolute atomic E-state index is 13.5. The van der Waals surface area contributed by atoms with Crippen molar-refractivity contribution in [1.82, 2.24) is 9.55 Å². The van der Waals surface area contributed by atoms with E-state index in [-0.39, 0.29) is 11.5 Å². The second-order valence-corrected chi connectivity index (χ2v) is 3.40. The van der Waals surface area contributed by atoms with Crippen molar-refractivity contribution in [3.63, 3.8) is 0 Å². The van der Waals surface area contributed by atoms with E-state index in [1.54, 1.807) is 0 Å². The normalized spacial score (nSPS) is 10.6. The first kappa shape index (κ1) is 11.4. The fourth-order valence-corrected chi connectivity index (χ4v) is 1.58. The summed E-state index contributed by atoms with van der Waals surface area (Å²) >= 11 is 0. The first-order valence-corrected chi connectivity index (χ1v) is 4.69. The van der Waals surface area contributed by atoms with Gasteiger partial charge in [0.1, 0.15) is 23.0 Å². The number of aldehydes is 1. The number of hydrogen-bond acceptors (Lipinski definition) is 2. The minimum atomic E-state index is -1.09. The van der Waals surface area contributed by atoms with Gasteiger partial charge in [0.2, 0.25) is 0 Å². The van der Waals surface area contributed by atoms with Crippen LogP contribution in [0.4, 0.5) is 13.2 Å². The Morgan fingerprint density at radius 1 is 1.24 bits per heavy atom. The fourth-order valence-electron chi connectivity index (χ4n) is 1.58. The predicted molar refractivity (Wildman–Crippen MR) is 53.6 cm³/mol. The van der Waals surface area contributed by atoms with Crippen LogP contribution in [0.5, 0.6) is 0 Å². The molecule has 17 heavy (non-hydrogen) atoms. The van der Waals surface area contributed by atoms with Gasteiger partial charge >= 0.3 is 0 Å². The zero-order valence-corrected chi connectivity index (χ0v) is 8.75. The molecule has 0 unspecified atom stereocenters. The van der Waals surface area contributed by atoms with Crippen LogP contribution in [0.2, 0.25) is 0 Å². The van der Waals surface area contributed by atoms with Crippen LogP contribution in [0.3, 0.4) is 0 Å². The summed E-state index contributed by atoms with van der Waals surface area (Å²) in [6.07, 6.45) is 1.60. The van der Waals surface area contributed by atoms with Gasteiger partial charge in [-0.1, -0.05) is 0 Å². The number of imidazole rings is 1. The van der Waals surface area contributed by atoms with Crippen molar-refractivity contribution >= 4 is 6.29 Å². The van der Waals surface area contributed by atoms with Gasteiger partial charge in [0.25, 0.3) is 0 Å². The molecule has 3 nitrogen and oxygen atoms in total. The Balaban J connectivity index is 2.76. The van der Waals surface area contributed by atoms with Crippen molar-refractivity contribution in [3.8, 4) is 5.69 Å².